The van der Waals surface area contributed by atoms with Crippen LogP contribution in [0.5, 0.6) is 0 Å². The third kappa shape index (κ3) is 13.6. The number of amides is 7. The van der Waals surface area contributed by atoms with E-state index in [4.69, 9.17) is 18.9 Å². The van der Waals surface area contributed by atoms with Crippen LogP contribution in [-0.2, 0) is 48.1 Å². The second kappa shape index (κ2) is 23.9. The molecule has 0 bridgehead atoms. The van der Waals surface area contributed by atoms with Crippen molar-refractivity contribution in [3.8, 4) is 0 Å². The number of carbonyl (C=O) groups is 7. The van der Waals surface area contributed by atoms with Crippen molar-refractivity contribution in [2.24, 2.45) is 0 Å². The molecule has 0 N–H and O–H groups in total. The Morgan fingerprint density at radius 1 is 0.443 bits per heavy atom. The van der Waals surface area contributed by atoms with Gasteiger partial charge in [0.25, 0.3) is 27.7 Å². The fourth-order valence-corrected chi connectivity index (χ4v) is 7.56. The first-order valence-electron chi connectivity index (χ1n) is 21.2. The zero-order valence-electron chi connectivity index (χ0n) is 36.4. The van der Waals surface area contributed by atoms with Gasteiger partial charge in [-0.05, 0) is 24.3 Å². The van der Waals surface area contributed by atoms with E-state index in [0.717, 1.165) is 4.31 Å². The Kier molecular flexibility index (Phi) is 19.8. The van der Waals surface area contributed by atoms with E-state index in [1.165, 1.54) is 26.8 Å². The molecule has 0 spiro atoms. The summed E-state index contributed by atoms with van der Waals surface area (Å²) < 4.78 is 44.7. The molecule has 0 aromatic heterocycles. The zero-order chi connectivity index (χ0) is 45.4. The third-order valence-electron chi connectivity index (χ3n) is 9.24. The van der Waals surface area contributed by atoms with Crippen molar-refractivity contribution >= 4 is 51.4 Å². The molecule has 17 nitrogen and oxygen atoms in total. The van der Waals surface area contributed by atoms with Gasteiger partial charge in [-0.1, -0.05) is 79.7 Å². The largest absolute Gasteiger partial charge is 0.371 e. The molecule has 2 aromatic carbocycles. The van der Waals surface area contributed by atoms with Crippen molar-refractivity contribution in [3.05, 3.63) is 65.2 Å². The predicted molar refractivity (Wildman–Crippen MR) is 223 cm³/mol. The Hall–Kier alpha value is -4.88. The third-order valence-corrected chi connectivity index (χ3v) is 11.0. The van der Waals surface area contributed by atoms with Gasteiger partial charge in [0.1, 0.15) is 4.90 Å². The maximum atomic E-state index is 12.0. The quantitative estimate of drug-likeness (QED) is 0.270. The smallest absolute Gasteiger partial charge is 0.269 e. The van der Waals surface area contributed by atoms with Crippen molar-refractivity contribution in [3.63, 3.8) is 0 Å². The van der Waals surface area contributed by atoms with E-state index < -0.39 is 15.9 Å². The highest BCUT2D eigenvalue weighted by Gasteiger charge is 2.44. The van der Waals surface area contributed by atoms with Gasteiger partial charge >= 0.3 is 0 Å². The first-order chi connectivity index (χ1) is 29.4. The molecule has 61 heavy (non-hydrogen) atoms. The van der Waals surface area contributed by atoms with Gasteiger partial charge in [0.15, 0.2) is 0 Å². The van der Waals surface area contributed by atoms with Crippen molar-refractivity contribution in [2.45, 2.75) is 110 Å². The van der Waals surface area contributed by atoms with Gasteiger partial charge in [0.2, 0.25) is 23.6 Å². The van der Waals surface area contributed by atoms with Crippen LogP contribution in [-0.4, -0.2) is 146 Å². The minimum absolute atomic E-state index is 0.0483. The minimum atomic E-state index is -3.65. The van der Waals surface area contributed by atoms with Gasteiger partial charge in [-0.25, -0.2) is 12.7 Å². The molecule has 6 saturated heterocycles. The van der Waals surface area contributed by atoms with E-state index >= 15 is 0 Å². The van der Waals surface area contributed by atoms with Crippen LogP contribution in [0.2, 0.25) is 0 Å². The number of likely N-dealkylation sites (tertiary alicyclic amines) is 2. The molecule has 18 heteroatoms. The molecule has 8 aliphatic heterocycles. The number of sulfonamides is 1. The van der Waals surface area contributed by atoms with Crippen LogP contribution in [0.25, 0.3) is 0 Å². The van der Waals surface area contributed by atoms with Crippen LogP contribution in [0.15, 0.2) is 53.4 Å². The Labute approximate surface area is 358 Å². The van der Waals surface area contributed by atoms with Gasteiger partial charge in [0, 0.05) is 25.7 Å². The Morgan fingerprint density at radius 3 is 1.07 bits per heavy atom. The average molecular weight is 873 g/mol. The highest BCUT2D eigenvalue weighted by atomic mass is 32.2. The number of rotatable bonds is 8. The highest BCUT2D eigenvalue weighted by molar-refractivity contribution is 7.90. The Bertz CT molecular complexity index is 1860. The average Bonchev–Trinajstić information content (AvgIpc) is 4.09. The lowest BCUT2D eigenvalue weighted by molar-refractivity contribution is -0.140. The Morgan fingerprint density at radius 2 is 0.738 bits per heavy atom. The van der Waals surface area contributed by atoms with E-state index in [-0.39, 0.29) is 76.9 Å². The maximum absolute atomic E-state index is 12.0. The number of ether oxygens (including phenoxy) is 4. The normalized spacial score (nSPS) is 23.6. The second-order valence-electron chi connectivity index (χ2n) is 13.2. The van der Waals surface area contributed by atoms with Gasteiger partial charge in [0.05, 0.1) is 93.7 Å². The number of fused-ring (bicyclic) bond motifs is 2. The first-order valence-corrected chi connectivity index (χ1v) is 22.6. The maximum Gasteiger partial charge on any atom is 0.269 e. The molecule has 10 rings (SSSR count). The van der Waals surface area contributed by atoms with Crippen LogP contribution in [0.1, 0.15) is 112 Å². The fourth-order valence-electron chi connectivity index (χ4n) is 5.96. The van der Waals surface area contributed by atoms with E-state index in [1.807, 2.05) is 55.4 Å². The number of hydrogen-bond acceptors (Lipinski definition) is 13. The zero-order valence-corrected chi connectivity index (χ0v) is 37.2. The van der Waals surface area contributed by atoms with Crippen molar-refractivity contribution in [1.82, 2.24) is 19.0 Å². The lowest BCUT2D eigenvalue weighted by atomic mass is 10.1. The van der Waals surface area contributed by atoms with E-state index in [1.54, 1.807) is 36.4 Å². The SMILES string of the molecule is CC.CC.CC.CC.O=C1CCC(=O)N1CC1CO1.O=C1CCC(=O)N1CC1CO1.O=C1c2ccccc2C(=O)N1CC1CO1.O=C1c2ccccc2S(=O)(=O)N1CC1CO1. The van der Waals surface area contributed by atoms with Crippen molar-refractivity contribution in [1.29, 1.82) is 0 Å². The van der Waals surface area contributed by atoms with E-state index in [2.05, 4.69) is 0 Å². The lowest BCUT2D eigenvalue weighted by Crippen LogP contribution is -2.33. The molecule has 0 radical (unpaired) electrons. The van der Waals surface area contributed by atoms with Crippen molar-refractivity contribution < 1.29 is 60.9 Å². The topological polar surface area (TPSA) is 217 Å². The predicted octanol–water partition coefficient (Wildman–Crippen LogP) is 4.08. The molecule has 8 heterocycles. The fraction of sp³-hybridized carbons (Fsp3) is 0.558. The summed E-state index contributed by atoms with van der Waals surface area (Å²) in [5, 5.41) is 0. The van der Waals surface area contributed by atoms with Crippen molar-refractivity contribution in [2.75, 3.05) is 52.6 Å². The van der Waals surface area contributed by atoms with Gasteiger partial charge in [-0.3, -0.25) is 48.3 Å². The molecule has 2 aromatic rings. The number of hydrogen-bond donors (Lipinski definition) is 0. The van der Waals surface area contributed by atoms with Crippen LogP contribution in [0.4, 0.5) is 0 Å². The van der Waals surface area contributed by atoms with Crippen LogP contribution >= 0.6 is 0 Å². The van der Waals surface area contributed by atoms with Crippen LogP contribution in [0, 0.1) is 0 Å². The number of epoxide rings is 4. The summed E-state index contributed by atoms with van der Waals surface area (Å²) in [6.45, 7) is 20.0. The van der Waals surface area contributed by atoms with Crippen LogP contribution < -0.4 is 0 Å². The first kappa shape index (κ1) is 50.5. The summed E-state index contributed by atoms with van der Waals surface area (Å²) >= 11 is 0. The molecular weight excluding hydrogens is 813 g/mol. The monoisotopic (exact) mass is 872 g/mol. The molecule has 8 aliphatic rings. The molecule has 0 saturated carbocycles. The summed E-state index contributed by atoms with van der Waals surface area (Å²) in [4.78, 5) is 83.5. The molecule has 336 valence electrons. The molecular formula is C43H60N4O13S. The molecule has 4 atom stereocenters. The summed E-state index contributed by atoms with van der Waals surface area (Å²) in [6, 6.07) is 13.2. The number of carbonyl (C=O) groups excluding carboxylic acids is 7. The van der Waals surface area contributed by atoms with E-state index in [9.17, 15) is 42.0 Å². The summed E-state index contributed by atoms with van der Waals surface area (Å²) in [5.74, 6) is -1.06. The minimum Gasteiger partial charge on any atom is -0.371 e. The lowest BCUT2D eigenvalue weighted by Gasteiger charge is -2.12. The standard InChI is InChI=1S/C11H9NO3.C10H9NO4S.2C7H9NO3.4C2H6/c13-10-8-3-1-2-4-9(8)11(14)12(10)5-7-6-15-7;12-10-8-3-1-2-4-9(8)16(13,14)11(10)5-7-6-15-7;2*9-6-1-2-7(10)8(6)3-5-4-11-5;4*1-2/h1-4,7H,5-6H2;1-4,7H,5-6H2;2*5H,1-4H2;4*1-2H3. The molecule has 7 amide bonds. The summed E-state index contributed by atoms with van der Waals surface area (Å²) in [7, 11) is -3.65. The van der Waals surface area contributed by atoms with E-state index in [0.29, 0.717) is 82.9 Å². The number of nitrogens with zero attached hydrogens (tertiary/aromatic N) is 4. The number of benzene rings is 2. The highest BCUT2D eigenvalue weighted by Crippen LogP contribution is 2.31. The van der Waals surface area contributed by atoms with Crippen LogP contribution in [0.3, 0.4) is 0 Å². The summed E-state index contributed by atoms with van der Waals surface area (Å²) in [6.07, 6.45) is 1.69. The second-order valence-corrected chi connectivity index (χ2v) is 15.1. The molecule has 6 fully saturated rings. The van der Waals surface area contributed by atoms with Gasteiger partial charge < -0.3 is 18.9 Å². The Balaban J connectivity index is 0.000000207. The molecule has 0 aliphatic carbocycles. The summed E-state index contributed by atoms with van der Waals surface area (Å²) in [5.41, 5.74) is 1.26. The number of imide groups is 3. The van der Waals surface area contributed by atoms with Gasteiger partial charge in [-0.2, -0.15) is 0 Å². The van der Waals surface area contributed by atoms with Gasteiger partial charge in [-0.15, -0.1) is 0 Å². The molecule has 4 unspecified atom stereocenters.